The highest BCUT2D eigenvalue weighted by molar-refractivity contribution is 5.22. The van der Waals surface area contributed by atoms with Crippen molar-refractivity contribution in [3.8, 4) is 0 Å². The second-order valence-corrected chi connectivity index (χ2v) is 6.42. The molecule has 2 nitrogen and oxygen atoms in total. The SMILES string of the molecule is CC(C)NCC1CCCCN(C)C1c1ccc(F)c(F)c1. The van der Waals surface area contributed by atoms with Gasteiger partial charge in [-0.2, -0.15) is 0 Å². The summed E-state index contributed by atoms with van der Waals surface area (Å²) < 4.78 is 26.8. The van der Waals surface area contributed by atoms with Gasteiger partial charge in [-0.1, -0.05) is 26.3 Å². The van der Waals surface area contributed by atoms with Crippen molar-refractivity contribution >= 4 is 0 Å². The molecule has 1 N–H and O–H groups in total. The Morgan fingerprint density at radius 3 is 2.67 bits per heavy atom. The predicted molar refractivity (Wildman–Crippen MR) is 82.2 cm³/mol. The second-order valence-electron chi connectivity index (χ2n) is 6.42. The van der Waals surface area contributed by atoms with Crippen LogP contribution in [-0.4, -0.2) is 31.1 Å². The van der Waals surface area contributed by atoms with Gasteiger partial charge in [-0.15, -0.1) is 0 Å². The molecule has 0 radical (unpaired) electrons. The Hall–Kier alpha value is -1.00. The minimum Gasteiger partial charge on any atom is -0.314 e. The van der Waals surface area contributed by atoms with Crippen molar-refractivity contribution in [3.05, 3.63) is 35.4 Å². The van der Waals surface area contributed by atoms with Gasteiger partial charge in [-0.3, -0.25) is 4.90 Å². The van der Waals surface area contributed by atoms with Gasteiger partial charge in [0.1, 0.15) is 0 Å². The van der Waals surface area contributed by atoms with Gasteiger partial charge < -0.3 is 5.32 Å². The van der Waals surface area contributed by atoms with Gasteiger partial charge in [0.15, 0.2) is 11.6 Å². The fourth-order valence-electron chi connectivity index (χ4n) is 3.25. The summed E-state index contributed by atoms with van der Waals surface area (Å²) in [5, 5.41) is 3.49. The molecule has 0 saturated carbocycles. The van der Waals surface area contributed by atoms with Crippen LogP contribution in [0.25, 0.3) is 0 Å². The number of hydrogen-bond acceptors (Lipinski definition) is 2. The van der Waals surface area contributed by atoms with Crippen LogP contribution in [0.4, 0.5) is 8.78 Å². The van der Waals surface area contributed by atoms with E-state index in [-0.39, 0.29) is 6.04 Å². The van der Waals surface area contributed by atoms with Crippen LogP contribution in [0.15, 0.2) is 18.2 Å². The summed E-state index contributed by atoms with van der Waals surface area (Å²) >= 11 is 0. The quantitative estimate of drug-likeness (QED) is 0.910. The summed E-state index contributed by atoms with van der Waals surface area (Å²) in [4.78, 5) is 2.28. The molecule has 2 atom stereocenters. The van der Waals surface area contributed by atoms with E-state index in [9.17, 15) is 8.78 Å². The Balaban J connectivity index is 2.25. The van der Waals surface area contributed by atoms with Crippen LogP contribution >= 0.6 is 0 Å². The number of rotatable bonds is 4. The molecule has 21 heavy (non-hydrogen) atoms. The number of nitrogens with zero attached hydrogens (tertiary/aromatic N) is 1. The van der Waals surface area contributed by atoms with Crippen LogP contribution in [-0.2, 0) is 0 Å². The lowest BCUT2D eigenvalue weighted by Crippen LogP contribution is -2.37. The predicted octanol–water partition coefficient (Wildman–Crippen LogP) is 3.74. The van der Waals surface area contributed by atoms with E-state index in [1.165, 1.54) is 18.6 Å². The molecule has 1 aliphatic heterocycles. The highest BCUT2D eigenvalue weighted by Gasteiger charge is 2.29. The fourth-order valence-corrected chi connectivity index (χ4v) is 3.25. The topological polar surface area (TPSA) is 15.3 Å². The number of benzene rings is 1. The normalized spacial score (nSPS) is 24.3. The van der Waals surface area contributed by atoms with E-state index >= 15 is 0 Å². The molecule has 0 spiro atoms. The lowest BCUT2D eigenvalue weighted by atomic mass is 9.89. The van der Waals surface area contributed by atoms with Gasteiger partial charge in [0.05, 0.1) is 0 Å². The lowest BCUT2D eigenvalue weighted by Gasteiger charge is -2.33. The Morgan fingerprint density at radius 1 is 1.24 bits per heavy atom. The minimum absolute atomic E-state index is 0.147. The summed E-state index contributed by atoms with van der Waals surface area (Å²) in [6.07, 6.45) is 3.47. The zero-order valence-electron chi connectivity index (χ0n) is 13.2. The molecule has 118 valence electrons. The van der Waals surface area contributed by atoms with Crippen molar-refractivity contribution in [2.24, 2.45) is 5.92 Å². The van der Waals surface area contributed by atoms with E-state index in [0.29, 0.717) is 12.0 Å². The summed E-state index contributed by atoms with van der Waals surface area (Å²) in [6, 6.07) is 4.92. The summed E-state index contributed by atoms with van der Waals surface area (Å²) in [7, 11) is 2.08. The third-order valence-electron chi connectivity index (χ3n) is 4.33. The van der Waals surface area contributed by atoms with Gasteiger partial charge >= 0.3 is 0 Å². The van der Waals surface area contributed by atoms with Crippen LogP contribution < -0.4 is 5.32 Å². The highest BCUT2D eigenvalue weighted by atomic mass is 19.2. The van der Waals surface area contributed by atoms with Crippen molar-refractivity contribution in [2.75, 3.05) is 20.1 Å². The molecule has 1 aliphatic rings. The molecule has 1 heterocycles. The second kappa shape index (κ2) is 7.32. The molecule has 2 rings (SSSR count). The van der Waals surface area contributed by atoms with E-state index in [0.717, 1.165) is 31.5 Å². The van der Waals surface area contributed by atoms with Crippen LogP contribution in [0.5, 0.6) is 0 Å². The number of hydrogen-bond donors (Lipinski definition) is 1. The van der Waals surface area contributed by atoms with Gasteiger partial charge in [-0.05, 0) is 50.0 Å². The zero-order chi connectivity index (χ0) is 15.4. The molecule has 0 aliphatic carbocycles. The minimum atomic E-state index is -0.771. The van der Waals surface area contributed by atoms with Gasteiger partial charge in [0.25, 0.3) is 0 Å². The highest BCUT2D eigenvalue weighted by Crippen LogP contribution is 2.34. The van der Waals surface area contributed by atoms with Crippen LogP contribution in [0.1, 0.15) is 44.7 Å². The largest absolute Gasteiger partial charge is 0.314 e. The fraction of sp³-hybridized carbons (Fsp3) is 0.647. The molecular formula is C17H26F2N2. The first-order valence-corrected chi connectivity index (χ1v) is 7.87. The summed E-state index contributed by atoms with van der Waals surface area (Å²) in [5.41, 5.74) is 0.883. The number of halogens is 2. The molecule has 1 aromatic rings. The first kappa shape index (κ1) is 16.4. The van der Waals surface area contributed by atoms with Gasteiger partial charge in [0.2, 0.25) is 0 Å². The van der Waals surface area contributed by atoms with Gasteiger partial charge in [0, 0.05) is 18.6 Å². The molecular weight excluding hydrogens is 270 g/mol. The monoisotopic (exact) mass is 296 g/mol. The molecule has 0 bridgehead atoms. The molecule has 4 heteroatoms. The molecule has 0 aromatic heterocycles. The van der Waals surface area contributed by atoms with Crippen molar-refractivity contribution in [1.82, 2.24) is 10.2 Å². The third kappa shape index (κ3) is 4.24. The van der Waals surface area contributed by atoms with Crippen molar-refractivity contribution in [3.63, 3.8) is 0 Å². The van der Waals surface area contributed by atoms with E-state index in [1.54, 1.807) is 6.07 Å². The Labute approximate surface area is 126 Å². The van der Waals surface area contributed by atoms with Crippen molar-refractivity contribution < 1.29 is 8.78 Å². The molecule has 1 aromatic carbocycles. The Kier molecular flexibility index (Phi) is 5.71. The molecule has 1 saturated heterocycles. The van der Waals surface area contributed by atoms with E-state index in [2.05, 4.69) is 31.1 Å². The maximum Gasteiger partial charge on any atom is 0.159 e. The molecule has 0 amide bonds. The van der Waals surface area contributed by atoms with Crippen molar-refractivity contribution in [1.29, 1.82) is 0 Å². The Bertz CT molecular complexity index is 462. The van der Waals surface area contributed by atoms with E-state index in [1.807, 2.05) is 0 Å². The van der Waals surface area contributed by atoms with Crippen molar-refractivity contribution in [2.45, 2.75) is 45.2 Å². The van der Waals surface area contributed by atoms with E-state index in [4.69, 9.17) is 0 Å². The van der Waals surface area contributed by atoms with Crippen LogP contribution in [0.2, 0.25) is 0 Å². The van der Waals surface area contributed by atoms with Crippen LogP contribution in [0, 0.1) is 17.6 Å². The summed E-state index contributed by atoms with van der Waals surface area (Å²) in [6.45, 7) is 6.17. The first-order chi connectivity index (χ1) is 9.99. The standard InChI is InChI=1S/C17H26F2N2/c1-12(2)20-11-14-6-4-5-9-21(3)17(14)13-7-8-15(18)16(19)10-13/h7-8,10,12,14,17,20H,4-6,9,11H2,1-3H3. The number of nitrogens with one attached hydrogen (secondary N) is 1. The summed E-state index contributed by atoms with van der Waals surface area (Å²) in [5.74, 6) is -1.10. The average molecular weight is 296 g/mol. The maximum atomic E-state index is 13.6. The third-order valence-corrected chi connectivity index (χ3v) is 4.33. The van der Waals surface area contributed by atoms with Gasteiger partial charge in [-0.25, -0.2) is 8.78 Å². The van der Waals surface area contributed by atoms with Crippen LogP contribution in [0.3, 0.4) is 0 Å². The Morgan fingerprint density at radius 2 is 2.00 bits per heavy atom. The molecule has 1 fully saturated rings. The zero-order valence-corrected chi connectivity index (χ0v) is 13.2. The average Bonchev–Trinajstić information content (AvgIpc) is 2.61. The van der Waals surface area contributed by atoms with E-state index < -0.39 is 11.6 Å². The maximum absolute atomic E-state index is 13.6. The number of likely N-dealkylation sites (tertiary alicyclic amines) is 1. The smallest absolute Gasteiger partial charge is 0.159 e. The lowest BCUT2D eigenvalue weighted by molar-refractivity contribution is 0.186. The first-order valence-electron chi connectivity index (χ1n) is 7.87. The molecule has 2 unspecified atom stereocenters.